The molecule has 0 radical (unpaired) electrons. The van der Waals surface area contributed by atoms with Gasteiger partial charge in [-0.05, 0) is 74.4 Å². The zero-order chi connectivity index (χ0) is 23.8. The molecule has 33 heavy (non-hydrogen) atoms. The molecule has 2 N–H and O–H groups in total. The van der Waals surface area contributed by atoms with Gasteiger partial charge in [0.15, 0.2) is 5.11 Å². The summed E-state index contributed by atoms with van der Waals surface area (Å²) in [7, 11) is 0. The highest BCUT2D eigenvalue weighted by atomic mass is 32.1. The Kier molecular flexibility index (Phi) is 6.45. The second-order valence-electron chi connectivity index (χ2n) is 8.11. The van der Waals surface area contributed by atoms with Gasteiger partial charge in [-0.1, -0.05) is 12.1 Å². The third-order valence-electron chi connectivity index (χ3n) is 5.98. The number of rotatable bonds is 6. The third-order valence-corrected chi connectivity index (χ3v) is 6.33. The van der Waals surface area contributed by atoms with Crippen molar-refractivity contribution in [3.05, 3.63) is 82.9 Å². The van der Waals surface area contributed by atoms with Gasteiger partial charge in [0.1, 0.15) is 0 Å². The van der Waals surface area contributed by atoms with Gasteiger partial charge in [0.05, 0.1) is 23.3 Å². The van der Waals surface area contributed by atoms with Crippen LogP contribution in [0.15, 0.2) is 54.7 Å². The summed E-state index contributed by atoms with van der Waals surface area (Å²) >= 11 is 5.62. The molecule has 0 unspecified atom stereocenters. The first kappa shape index (κ1) is 23.3. The summed E-state index contributed by atoms with van der Waals surface area (Å²) in [5.41, 5.74) is 3.19. The fourth-order valence-corrected chi connectivity index (χ4v) is 4.86. The highest BCUT2D eigenvalue weighted by Crippen LogP contribution is 2.41. The molecule has 9 heteroatoms. The number of hydrogen-bond acceptors (Lipinski definition) is 3. The molecule has 0 amide bonds. The van der Waals surface area contributed by atoms with Crippen LogP contribution in [0.3, 0.4) is 0 Å². The maximum atomic E-state index is 13.3. The Morgan fingerprint density at radius 1 is 1.12 bits per heavy atom. The normalized spacial score (nSPS) is 18.6. The second-order valence-corrected chi connectivity index (χ2v) is 8.49. The van der Waals surface area contributed by atoms with Gasteiger partial charge in [0.2, 0.25) is 0 Å². The van der Waals surface area contributed by atoms with Gasteiger partial charge in [-0.25, -0.2) is 0 Å². The molecule has 1 aromatic carbocycles. The predicted molar refractivity (Wildman–Crippen MR) is 124 cm³/mol. The van der Waals surface area contributed by atoms with Gasteiger partial charge in [-0.15, -0.1) is 0 Å². The first-order valence-electron chi connectivity index (χ1n) is 10.7. The van der Waals surface area contributed by atoms with Crippen LogP contribution in [0.2, 0.25) is 0 Å². The van der Waals surface area contributed by atoms with E-state index in [9.17, 15) is 18.3 Å². The molecule has 2 aromatic heterocycles. The lowest BCUT2D eigenvalue weighted by molar-refractivity contribution is -0.137. The molecule has 0 bridgehead atoms. The van der Waals surface area contributed by atoms with Crippen molar-refractivity contribution >= 4 is 17.3 Å². The monoisotopic (exact) mass is 474 g/mol. The Morgan fingerprint density at radius 2 is 1.91 bits per heavy atom. The summed E-state index contributed by atoms with van der Waals surface area (Å²) in [6.45, 7) is 4.36. The number of pyridine rings is 1. The van der Waals surface area contributed by atoms with Crippen molar-refractivity contribution in [1.29, 1.82) is 0 Å². The van der Waals surface area contributed by atoms with Crippen LogP contribution in [-0.4, -0.2) is 37.8 Å². The lowest BCUT2D eigenvalue weighted by atomic mass is 9.96. The molecule has 1 saturated heterocycles. The van der Waals surface area contributed by atoms with Gasteiger partial charge < -0.3 is 19.9 Å². The average molecular weight is 475 g/mol. The van der Waals surface area contributed by atoms with Crippen molar-refractivity contribution in [3.8, 4) is 5.69 Å². The summed E-state index contributed by atoms with van der Waals surface area (Å²) in [6.07, 6.45) is -2.15. The van der Waals surface area contributed by atoms with E-state index < -0.39 is 11.7 Å². The van der Waals surface area contributed by atoms with Crippen LogP contribution in [0.4, 0.5) is 13.2 Å². The number of thiocarbonyl (C=S) groups is 1. The molecule has 3 heterocycles. The number of aryl methyl sites for hydroxylation is 1. The minimum Gasteiger partial charge on any atom is -0.396 e. The van der Waals surface area contributed by atoms with Crippen molar-refractivity contribution in [2.75, 3.05) is 13.2 Å². The van der Waals surface area contributed by atoms with Crippen LogP contribution in [0.25, 0.3) is 5.69 Å². The van der Waals surface area contributed by atoms with E-state index in [0.717, 1.165) is 28.7 Å². The van der Waals surface area contributed by atoms with Crippen LogP contribution in [0.5, 0.6) is 0 Å². The van der Waals surface area contributed by atoms with E-state index in [1.807, 2.05) is 47.6 Å². The van der Waals surface area contributed by atoms with Crippen LogP contribution in [-0.2, 0) is 6.18 Å². The topological polar surface area (TPSA) is 53.3 Å². The Bertz CT molecular complexity index is 1150. The highest BCUT2D eigenvalue weighted by molar-refractivity contribution is 7.80. The van der Waals surface area contributed by atoms with E-state index in [4.69, 9.17) is 12.2 Å². The summed E-state index contributed by atoms with van der Waals surface area (Å²) in [6, 6.07) is 12.6. The maximum Gasteiger partial charge on any atom is 0.416 e. The van der Waals surface area contributed by atoms with E-state index in [1.165, 1.54) is 12.1 Å². The smallest absolute Gasteiger partial charge is 0.396 e. The molecule has 0 aliphatic carbocycles. The number of aliphatic hydroxyl groups is 1. The largest absolute Gasteiger partial charge is 0.416 e. The first-order valence-corrected chi connectivity index (χ1v) is 11.1. The van der Waals surface area contributed by atoms with Gasteiger partial charge in [-0.3, -0.25) is 4.98 Å². The average Bonchev–Trinajstić information content (AvgIpc) is 3.27. The molecule has 5 nitrogen and oxygen atoms in total. The summed E-state index contributed by atoms with van der Waals surface area (Å²) in [5, 5.41) is 13.3. The van der Waals surface area contributed by atoms with E-state index in [0.29, 0.717) is 23.8 Å². The fourth-order valence-electron chi connectivity index (χ4n) is 4.53. The molecular weight excluding hydrogens is 449 g/mol. The van der Waals surface area contributed by atoms with Crippen molar-refractivity contribution in [2.45, 2.75) is 38.5 Å². The predicted octanol–water partition coefficient (Wildman–Crippen LogP) is 4.86. The first-order chi connectivity index (χ1) is 15.7. The molecule has 2 atom stereocenters. The summed E-state index contributed by atoms with van der Waals surface area (Å²) < 4.78 is 41.8. The van der Waals surface area contributed by atoms with Crippen LogP contribution in [0, 0.1) is 13.8 Å². The highest BCUT2D eigenvalue weighted by Gasteiger charge is 2.41. The number of nitrogens with zero attached hydrogens (tertiary/aromatic N) is 3. The molecule has 174 valence electrons. The number of nitrogens with one attached hydrogen (secondary N) is 1. The Labute approximate surface area is 195 Å². The standard InChI is InChI=1S/C24H25F3N4OS/c1-15-13-19(16(2)31(15)18-8-5-7-17(14-18)24(25,26)27)22-21(20-9-3-4-10-28-20)29-23(33)30(22)11-6-12-32/h3-5,7-10,13-14,21-22,32H,6,11-12H2,1-2H3,(H,29,33)/t21-,22-/m1/s1. The Hall–Kier alpha value is -2.91. The fraction of sp³-hybridized carbons (Fsp3) is 0.333. The molecule has 1 aliphatic heterocycles. The molecule has 3 aromatic rings. The van der Waals surface area contributed by atoms with Gasteiger partial charge in [0.25, 0.3) is 0 Å². The minimum absolute atomic E-state index is 0.0311. The van der Waals surface area contributed by atoms with Gasteiger partial charge >= 0.3 is 6.18 Å². The zero-order valence-electron chi connectivity index (χ0n) is 18.3. The van der Waals surface area contributed by atoms with E-state index in [1.54, 1.807) is 12.3 Å². The Balaban J connectivity index is 1.81. The zero-order valence-corrected chi connectivity index (χ0v) is 19.1. The molecular formula is C24H25F3N4OS. The summed E-state index contributed by atoms with van der Waals surface area (Å²) in [4.78, 5) is 6.54. The lowest BCUT2D eigenvalue weighted by Crippen LogP contribution is -2.31. The maximum absolute atomic E-state index is 13.3. The Morgan fingerprint density at radius 3 is 2.58 bits per heavy atom. The number of benzene rings is 1. The number of hydrogen-bond donors (Lipinski definition) is 2. The lowest BCUT2D eigenvalue weighted by Gasteiger charge is -2.28. The van der Waals surface area contributed by atoms with Crippen molar-refractivity contribution < 1.29 is 18.3 Å². The SMILES string of the molecule is Cc1cc([C@@H]2[C@@H](c3ccccn3)NC(=S)N2CCCO)c(C)n1-c1cccc(C(F)(F)F)c1. The van der Waals surface area contributed by atoms with Crippen molar-refractivity contribution in [3.63, 3.8) is 0 Å². The molecule has 1 aliphatic rings. The number of alkyl halides is 3. The van der Waals surface area contributed by atoms with Crippen molar-refractivity contribution in [2.24, 2.45) is 0 Å². The van der Waals surface area contributed by atoms with E-state index in [-0.39, 0.29) is 18.7 Å². The van der Waals surface area contributed by atoms with Crippen LogP contribution < -0.4 is 5.32 Å². The number of halogens is 3. The van der Waals surface area contributed by atoms with Crippen molar-refractivity contribution in [1.82, 2.24) is 19.8 Å². The number of aromatic nitrogens is 2. The van der Waals surface area contributed by atoms with E-state index >= 15 is 0 Å². The molecule has 0 spiro atoms. The third kappa shape index (κ3) is 4.47. The summed E-state index contributed by atoms with van der Waals surface area (Å²) in [5.74, 6) is 0. The van der Waals surface area contributed by atoms with Crippen LogP contribution in [0.1, 0.15) is 46.7 Å². The molecule has 1 fully saturated rings. The van der Waals surface area contributed by atoms with Crippen LogP contribution >= 0.6 is 12.2 Å². The molecule has 0 saturated carbocycles. The second kappa shape index (κ2) is 9.15. The van der Waals surface area contributed by atoms with Gasteiger partial charge in [0, 0.05) is 36.4 Å². The minimum atomic E-state index is -4.42. The quantitative estimate of drug-likeness (QED) is 0.500. The molecule has 4 rings (SSSR count). The van der Waals surface area contributed by atoms with E-state index in [2.05, 4.69) is 10.3 Å². The van der Waals surface area contributed by atoms with Gasteiger partial charge in [-0.2, -0.15) is 13.2 Å². The number of aliphatic hydroxyl groups excluding tert-OH is 1.